The molecule has 26 heavy (non-hydrogen) atoms. The van der Waals surface area contributed by atoms with E-state index in [0.29, 0.717) is 28.0 Å². The van der Waals surface area contributed by atoms with E-state index in [1.165, 1.54) is 0 Å². The van der Waals surface area contributed by atoms with Crippen molar-refractivity contribution < 1.29 is 4.74 Å². The fourth-order valence-corrected chi connectivity index (χ4v) is 3.74. The van der Waals surface area contributed by atoms with Crippen LogP contribution in [0.4, 0.5) is 0 Å². The Morgan fingerprint density at radius 2 is 1.92 bits per heavy atom. The third-order valence-electron chi connectivity index (χ3n) is 4.60. The highest BCUT2D eigenvalue weighted by Crippen LogP contribution is 2.33. The van der Waals surface area contributed by atoms with Crippen molar-refractivity contribution in [2.75, 3.05) is 7.11 Å². The van der Waals surface area contributed by atoms with E-state index < -0.39 is 0 Å². The normalized spacial score (nSPS) is 11.5. The summed E-state index contributed by atoms with van der Waals surface area (Å²) in [5.41, 5.74) is 4.21. The van der Waals surface area contributed by atoms with Crippen LogP contribution in [0.1, 0.15) is 30.7 Å². The second-order valence-corrected chi connectivity index (χ2v) is 7.57. The first-order chi connectivity index (χ1) is 12.2. The molecule has 1 aromatic carbocycles. The molecule has 0 N–H and O–H groups in total. The molecular formula is C20H24ClN3O2. The monoisotopic (exact) mass is 373 g/mol. The lowest BCUT2D eigenvalue weighted by molar-refractivity contribution is 0.414. The molecule has 0 saturated heterocycles. The van der Waals surface area contributed by atoms with Crippen LogP contribution in [0.3, 0.4) is 0 Å². The van der Waals surface area contributed by atoms with Gasteiger partial charge in [0.2, 0.25) is 0 Å². The highest BCUT2D eigenvalue weighted by atomic mass is 35.5. The second kappa shape index (κ2) is 6.80. The molecule has 0 unspecified atom stereocenters. The van der Waals surface area contributed by atoms with Crippen LogP contribution in [0.2, 0.25) is 5.02 Å². The van der Waals surface area contributed by atoms with Gasteiger partial charge in [-0.25, -0.2) is 4.52 Å². The zero-order chi connectivity index (χ0) is 19.2. The minimum absolute atomic E-state index is 0.0648. The molecule has 0 spiro atoms. The molecule has 0 saturated carbocycles. The number of aromatic nitrogens is 3. The highest BCUT2D eigenvalue weighted by molar-refractivity contribution is 6.33. The third-order valence-corrected chi connectivity index (χ3v) is 4.90. The van der Waals surface area contributed by atoms with Crippen molar-refractivity contribution in [3.8, 4) is 17.1 Å². The Morgan fingerprint density at radius 1 is 1.23 bits per heavy atom. The molecule has 5 nitrogen and oxygen atoms in total. The first-order valence-electron chi connectivity index (χ1n) is 8.67. The van der Waals surface area contributed by atoms with E-state index in [1.54, 1.807) is 29.3 Å². The number of methoxy groups -OCH3 is 1. The lowest BCUT2D eigenvalue weighted by Gasteiger charge is -2.14. The molecular weight excluding hydrogens is 350 g/mol. The lowest BCUT2D eigenvalue weighted by Crippen LogP contribution is -2.24. The second-order valence-electron chi connectivity index (χ2n) is 7.16. The van der Waals surface area contributed by atoms with Crippen molar-refractivity contribution in [1.29, 1.82) is 0 Å². The van der Waals surface area contributed by atoms with Crippen molar-refractivity contribution in [1.82, 2.24) is 14.2 Å². The Morgan fingerprint density at radius 3 is 2.50 bits per heavy atom. The van der Waals surface area contributed by atoms with Crippen molar-refractivity contribution in [2.24, 2.45) is 13.0 Å². The van der Waals surface area contributed by atoms with E-state index in [0.717, 1.165) is 28.8 Å². The topological polar surface area (TPSA) is 48.5 Å². The summed E-state index contributed by atoms with van der Waals surface area (Å²) in [5.74, 6) is 1.68. The van der Waals surface area contributed by atoms with Crippen LogP contribution in [0.5, 0.6) is 5.75 Å². The lowest BCUT2D eigenvalue weighted by atomic mass is 10.0. The molecule has 138 valence electrons. The van der Waals surface area contributed by atoms with Gasteiger partial charge in [-0.2, -0.15) is 0 Å². The van der Waals surface area contributed by atoms with Gasteiger partial charge in [0.05, 0.1) is 12.1 Å². The van der Waals surface area contributed by atoms with Gasteiger partial charge >= 0.3 is 0 Å². The number of aryl methyl sites for hydroxylation is 2. The van der Waals surface area contributed by atoms with Gasteiger partial charge in [0.1, 0.15) is 11.3 Å². The Balaban J connectivity index is 2.32. The summed E-state index contributed by atoms with van der Waals surface area (Å²) in [4.78, 5) is 13.1. The van der Waals surface area contributed by atoms with Gasteiger partial charge in [-0.1, -0.05) is 25.4 Å². The Kier molecular flexibility index (Phi) is 4.84. The van der Waals surface area contributed by atoms with Crippen molar-refractivity contribution >= 4 is 17.1 Å². The highest BCUT2D eigenvalue weighted by Gasteiger charge is 2.20. The first kappa shape index (κ1) is 18.5. The number of benzene rings is 1. The molecule has 3 rings (SSSR count). The van der Waals surface area contributed by atoms with Gasteiger partial charge in [-0.15, -0.1) is 5.10 Å². The average Bonchev–Trinajstić information content (AvgIpc) is 2.86. The maximum absolute atomic E-state index is 13.1. The molecule has 0 bridgehead atoms. The van der Waals surface area contributed by atoms with E-state index in [2.05, 4.69) is 19.9 Å². The quantitative estimate of drug-likeness (QED) is 0.689. The van der Waals surface area contributed by atoms with Gasteiger partial charge in [-0.05, 0) is 55.5 Å². The zero-order valence-electron chi connectivity index (χ0n) is 16.1. The van der Waals surface area contributed by atoms with E-state index >= 15 is 0 Å². The Hall–Kier alpha value is -2.27. The number of nitrogens with zero attached hydrogens (tertiary/aromatic N) is 3. The van der Waals surface area contributed by atoms with Gasteiger partial charge in [0.25, 0.3) is 5.56 Å². The first-order valence-corrected chi connectivity index (χ1v) is 9.05. The van der Waals surface area contributed by atoms with Crippen LogP contribution in [-0.4, -0.2) is 21.3 Å². The molecule has 2 heterocycles. The van der Waals surface area contributed by atoms with Crippen LogP contribution in [0.15, 0.2) is 23.0 Å². The molecule has 0 amide bonds. The van der Waals surface area contributed by atoms with Crippen LogP contribution in [-0.2, 0) is 13.5 Å². The zero-order valence-corrected chi connectivity index (χ0v) is 16.8. The Labute approximate surface area is 158 Å². The number of ether oxygens (including phenoxy) is 1. The predicted octanol–water partition coefficient (Wildman–Crippen LogP) is 4.18. The van der Waals surface area contributed by atoms with Gasteiger partial charge in [0, 0.05) is 18.3 Å². The number of hydrogen-bond acceptors (Lipinski definition) is 3. The van der Waals surface area contributed by atoms with Crippen LogP contribution >= 0.6 is 11.6 Å². The molecule has 0 radical (unpaired) electrons. The number of fused-ring (bicyclic) bond motifs is 1. The minimum Gasteiger partial charge on any atom is -0.497 e. The van der Waals surface area contributed by atoms with Gasteiger partial charge in [-0.3, -0.25) is 9.36 Å². The van der Waals surface area contributed by atoms with Gasteiger partial charge in [0.15, 0.2) is 5.82 Å². The third kappa shape index (κ3) is 3.01. The summed E-state index contributed by atoms with van der Waals surface area (Å²) in [6.07, 6.45) is 0.843. The van der Waals surface area contributed by atoms with E-state index in [1.807, 2.05) is 19.9 Å². The fourth-order valence-electron chi connectivity index (χ4n) is 3.39. The molecule has 0 aliphatic heterocycles. The summed E-state index contributed by atoms with van der Waals surface area (Å²) < 4.78 is 8.60. The fraction of sp³-hybridized carbons (Fsp3) is 0.400. The van der Waals surface area contributed by atoms with E-state index in [9.17, 15) is 4.79 Å². The van der Waals surface area contributed by atoms with Crippen molar-refractivity contribution in [2.45, 2.75) is 34.1 Å². The number of rotatable bonds is 4. The molecule has 3 aromatic rings. The van der Waals surface area contributed by atoms with E-state index in [-0.39, 0.29) is 5.56 Å². The van der Waals surface area contributed by atoms with Crippen LogP contribution in [0, 0.1) is 19.8 Å². The number of halogens is 1. The molecule has 0 aliphatic rings. The largest absolute Gasteiger partial charge is 0.497 e. The molecule has 6 heteroatoms. The standard InChI is InChI=1S/C20H24ClN3O2/c1-11(2)7-14-9-13(4)24-18(14)20(25)23(5)19(22-24)17-12(3)8-15(26-6)10-16(17)21/h8-11H,7H2,1-6H3. The summed E-state index contributed by atoms with van der Waals surface area (Å²) in [6.45, 7) is 8.19. The minimum atomic E-state index is -0.0648. The summed E-state index contributed by atoms with van der Waals surface area (Å²) in [6, 6.07) is 5.69. The molecule has 0 fully saturated rings. The van der Waals surface area contributed by atoms with Crippen molar-refractivity contribution in [3.05, 3.63) is 50.4 Å². The Bertz CT molecular complexity index is 1020. The van der Waals surface area contributed by atoms with Crippen LogP contribution < -0.4 is 10.3 Å². The van der Waals surface area contributed by atoms with Crippen molar-refractivity contribution in [3.63, 3.8) is 0 Å². The summed E-state index contributed by atoms with van der Waals surface area (Å²) in [5, 5.41) is 5.27. The summed E-state index contributed by atoms with van der Waals surface area (Å²) in [7, 11) is 3.34. The average molecular weight is 374 g/mol. The molecule has 0 atom stereocenters. The SMILES string of the molecule is COc1cc(C)c(-c2nn3c(C)cc(CC(C)C)c3c(=O)n2C)c(Cl)c1. The maximum Gasteiger partial charge on any atom is 0.278 e. The van der Waals surface area contributed by atoms with Gasteiger partial charge < -0.3 is 4.74 Å². The predicted molar refractivity (Wildman–Crippen MR) is 105 cm³/mol. The van der Waals surface area contributed by atoms with E-state index in [4.69, 9.17) is 21.4 Å². The van der Waals surface area contributed by atoms with Crippen LogP contribution in [0.25, 0.3) is 16.9 Å². The molecule has 2 aromatic heterocycles. The maximum atomic E-state index is 13.1. The molecule has 0 aliphatic carbocycles. The summed E-state index contributed by atoms with van der Waals surface area (Å²) >= 11 is 6.49. The number of hydrogen-bond donors (Lipinski definition) is 0. The smallest absolute Gasteiger partial charge is 0.278 e.